The summed E-state index contributed by atoms with van der Waals surface area (Å²) >= 11 is 0. The van der Waals surface area contributed by atoms with E-state index in [-0.39, 0.29) is 5.88 Å². The number of rotatable bonds is 5. The van der Waals surface area contributed by atoms with Gasteiger partial charge in [-0.25, -0.2) is 4.79 Å². The lowest BCUT2D eigenvalue weighted by atomic mass is 10.0. The summed E-state index contributed by atoms with van der Waals surface area (Å²) in [5, 5.41) is 6.47. The van der Waals surface area contributed by atoms with E-state index in [1.54, 1.807) is 18.2 Å². The van der Waals surface area contributed by atoms with E-state index < -0.39 is 18.5 Å². The Labute approximate surface area is 157 Å². The summed E-state index contributed by atoms with van der Waals surface area (Å²) in [5.74, 6) is -0.845. The number of aromatic nitrogens is 1. The van der Waals surface area contributed by atoms with Gasteiger partial charge in [0.15, 0.2) is 6.61 Å². The monoisotopic (exact) mass is 364 g/mol. The predicted molar refractivity (Wildman–Crippen MR) is 102 cm³/mol. The maximum Gasteiger partial charge on any atom is 0.338 e. The average Bonchev–Trinajstić information content (AvgIpc) is 3.11. The van der Waals surface area contributed by atoms with Crippen molar-refractivity contribution in [3.63, 3.8) is 0 Å². The zero-order chi connectivity index (χ0) is 19.4. The van der Waals surface area contributed by atoms with Crippen LogP contribution >= 0.6 is 0 Å². The van der Waals surface area contributed by atoms with Gasteiger partial charge < -0.3 is 9.26 Å². The maximum absolute atomic E-state index is 12.2. The van der Waals surface area contributed by atoms with Gasteiger partial charge in [0.1, 0.15) is 5.69 Å². The van der Waals surface area contributed by atoms with E-state index in [1.807, 2.05) is 51.1 Å². The minimum absolute atomic E-state index is 0.193. The molecule has 0 bridgehead atoms. The minimum atomic E-state index is -0.538. The number of carbonyl (C=O) groups is 2. The molecule has 1 amide bonds. The second-order valence-electron chi connectivity index (χ2n) is 6.31. The van der Waals surface area contributed by atoms with Crippen LogP contribution in [-0.4, -0.2) is 23.6 Å². The normalized spacial score (nSPS) is 10.5. The second-order valence-corrected chi connectivity index (χ2v) is 6.31. The lowest BCUT2D eigenvalue weighted by molar-refractivity contribution is -0.119. The third kappa shape index (κ3) is 4.41. The topological polar surface area (TPSA) is 81.4 Å². The first kappa shape index (κ1) is 18.4. The van der Waals surface area contributed by atoms with Crippen LogP contribution in [0.3, 0.4) is 0 Å². The molecule has 0 spiro atoms. The van der Waals surface area contributed by atoms with Crippen molar-refractivity contribution >= 4 is 17.8 Å². The maximum atomic E-state index is 12.2. The number of anilines is 1. The average molecular weight is 364 g/mol. The molecule has 6 heteroatoms. The van der Waals surface area contributed by atoms with Gasteiger partial charge in [0.2, 0.25) is 5.88 Å². The quantitative estimate of drug-likeness (QED) is 0.691. The lowest BCUT2D eigenvalue weighted by Gasteiger charge is -2.08. The van der Waals surface area contributed by atoms with Crippen molar-refractivity contribution in [3.05, 3.63) is 70.8 Å². The smallest absolute Gasteiger partial charge is 0.338 e. The zero-order valence-electron chi connectivity index (χ0n) is 15.4. The number of ether oxygens (including phenoxy) is 1. The fourth-order valence-corrected chi connectivity index (χ4v) is 2.55. The molecule has 0 atom stereocenters. The van der Waals surface area contributed by atoms with Crippen molar-refractivity contribution in [2.24, 2.45) is 0 Å². The number of aryl methyl sites for hydroxylation is 2. The van der Waals surface area contributed by atoms with Crippen LogP contribution in [0.5, 0.6) is 0 Å². The van der Waals surface area contributed by atoms with Crippen molar-refractivity contribution < 1.29 is 18.8 Å². The molecular weight excluding hydrogens is 344 g/mol. The number of benzene rings is 2. The highest BCUT2D eigenvalue weighted by Crippen LogP contribution is 2.22. The van der Waals surface area contributed by atoms with Gasteiger partial charge in [0.25, 0.3) is 5.91 Å². The molecule has 1 heterocycles. The largest absolute Gasteiger partial charge is 0.452 e. The molecule has 0 aliphatic heterocycles. The van der Waals surface area contributed by atoms with Crippen LogP contribution < -0.4 is 5.32 Å². The summed E-state index contributed by atoms with van der Waals surface area (Å²) in [4.78, 5) is 24.2. The van der Waals surface area contributed by atoms with Gasteiger partial charge in [-0.2, -0.15) is 0 Å². The zero-order valence-corrected chi connectivity index (χ0v) is 15.4. The van der Waals surface area contributed by atoms with Crippen LogP contribution in [-0.2, 0) is 9.53 Å². The molecule has 3 rings (SSSR count). The Morgan fingerprint density at radius 3 is 2.56 bits per heavy atom. The Kier molecular flexibility index (Phi) is 5.35. The van der Waals surface area contributed by atoms with Crippen LogP contribution in [0, 0.1) is 20.8 Å². The van der Waals surface area contributed by atoms with Crippen LogP contribution in [0.4, 0.5) is 5.88 Å². The molecule has 3 aromatic rings. The van der Waals surface area contributed by atoms with Gasteiger partial charge in [-0.3, -0.25) is 10.1 Å². The van der Waals surface area contributed by atoms with Crippen LogP contribution in [0.2, 0.25) is 0 Å². The Bertz CT molecular complexity index is 974. The Morgan fingerprint density at radius 2 is 1.81 bits per heavy atom. The molecule has 0 radical (unpaired) electrons. The van der Waals surface area contributed by atoms with Crippen molar-refractivity contribution in [2.75, 3.05) is 11.9 Å². The standard InChI is InChI=1S/C21H20N2O4/c1-13-7-9-16(10-8-13)18-11-20(27-23-18)22-19(24)12-26-21(25)17-6-4-5-14(2)15(17)3/h4-11H,12H2,1-3H3,(H,22,24). The number of hydrogen-bond donors (Lipinski definition) is 1. The first-order valence-electron chi connectivity index (χ1n) is 8.51. The molecule has 0 unspecified atom stereocenters. The first-order chi connectivity index (χ1) is 12.9. The van der Waals surface area contributed by atoms with Gasteiger partial charge in [-0.1, -0.05) is 47.1 Å². The fraction of sp³-hybridized carbons (Fsp3) is 0.190. The number of hydrogen-bond acceptors (Lipinski definition) is 5. The van der Waals surface area contributed by atoms with Crippen molar-refractivity contribution in [1.29, 1.82) is 0 Å². The summed E-state index contributed by atoms with van der Waals surface area (Å²) in [7, 11) is 0. The van der Waals surface area contributed by atoms with Gasteiger partial charge in [-0.05, 0) is 38.0 Å². The molecule has 27 heavy (non-hydrogen) atoms. The van der Waals surface area contributed by atoms with E-state index in [0.29, 0.717) is 11.3 Å². The van der Waals surface area contributed by atoms with Gasteiger partial charge >= 0.3 is 5.97 Å². The Morgan fingerprint density at radius 1 is 1.07 bits per heavy atom. The molecule has 2 aromatic carbocycles. The Balaban J connectivity index is 1.57. The molecule has 0 saturated carbocycles. The predicted octanol–water partition coefficient (Wildman–Crippen LogP) is 4.06. The lowest BCUT2D eigenvalue weighted by Crippen LogP contribution is -2.21. The molecule has 6 nitrogen and oxygen atoms in total. The summed E-state index contributed by atoms with van der Waals surface area (Å²) in [6.45, 7) is 5.34. The molecule has 0 fully saturated rings. The molecule has 138 valence electrons. The third-order valence-electron chi connectivity index (χ3n) is 4.28. The number of nitrogens with one attached hydrogen (secondary N) is 1. The van der Waals surface area contributed by atoms with Crippen LogP contribution in [0.15, 0.2) is 53.1 Å². The number of nitrogens with zero attached hydrogens (tertiary/aromatic N) is 1. The van der Waals surface area contributed by atoms with E-state index in [4.69, 9.17) is 9.26 Å². The fourth-order valence-electron chi connectivity index (χ4n) is 2.55. The van der Waals surface area contributed by atoms with E-state index in [2.05, 4.69) is 10.5 Å². The molecule has 0 aliphatic rings. The van der Waals surface area contributed by atoms with Crippen molar-refractivity contribution in [2.45, 2.75) is 20.8 Å². The van der Waals surface area contributed by atoms with Crippen molar-refractivity contribution in [1.82, 2.24) is 5.16 Å². The number of esters is 1. The van der Waals surface area contributed by atoms with Crippen molar-refractivity contribution in [3.8, 4) is 11.3 Å². The molecule has 0 aliphatic carbocycles. The van der Waals surface area contributed by atoms with E-state index in [1.165, 1.54) is 0 Å². The highest BCUT2D eigenvalue weighted by Gasteiger charge is 2.15. The third-order valence-corrected chi connectivity index (χ3v) is 4.28. The SMILES string of the molecule is Cc1ccc(-c2cc(NC(=O)COC(=O)c3cccc(C)c3C)on2)cc1. The molecule has 0 saturated heterocycles. The number of amides is 1. The summed E-state index contributed by atoms with van der Waals surface area (Å²) in [6.07, 6.45) is 0. The molecular formula is C21H20N2O4. The van der Waals surface area contributed by atoms with Gasteiger partial charge in [0, 0.05) is 11.6 Å². The minimum Gasteiger partial charge on any atom is -0.452 e. The van der Waals surface area contributed by atoms with Crippen LogP contribution in [0.1, 0.15) is 27.0 Å². The molecule has 1 N–H and O–H groups in total. The van der Waals surface area contributed by atoms with E-state index >= 15 is 0 Å². The Hall–Kier alpha value is -3.41. The van der Waals surface area contributed by atoms with E-state index in [9.17, 15) is 9.59 Å². The highest BCUT2D eigenvalue weighted by molar-refractivity contribution is 5.95. The van der Waals surface area contributed by atoms with Crippen LogP contribution in [0.25, 0.3) is 11.3 Å². The molecule has 1 aromatic heterocycles. The highest BCUT2D eigenvalue weighted by atomic mass is 16.5. The summed E-state index contributed by atoms with van der Waals surface area (Å²) in [6, 6.07) is 14.8. The van der Waals surface area contributed by atoms with E-state index in [0.717, 1.165) is 22.3 Å². The summed E-state index contributed by atoms with van der Waals surface area (Å²) in [5.41, 5.74) is 4.90. The number of carbonyl (C=O) groups excluding carboxylic acids is 2. The van der Waals surface area contributed by atoms with Gasteiger partial charge in [0.05, 0.1) is 5.56 Å². The first-order valence-corrected chi connectivity index (χ1v) is 8.51. The second kappa shape index (κ2) is 7.86. The van der Waals surface area contributed by atoms with Gasteiger partial charge in [-0.15, -0.1) is 0 Å². The summed E-state index contributed by atoms with van der Waals surface area (Å²) < 4.78 is 10.2.